The van der Waals surface area contributed by atoms with Gasteiger partial charge in [-0.3, -0.25) is 4.79 Å². The van der Waals surface area contributed by atoms with Gasteiger partial charge in [0.1, 0.15) is 0 Å². The van der Waals surface area contributed by atoms with Crippen LogP contribution in [0.3, 0.4) is 0 Å². The third kappa shape index (κ3) is 6.62. The molecule has 1 atom stereocenters. The molecule has 1 fully saturated rings. The van der Waals surface area contributed by atoms with Gasteiger partial charge < -0.3 is 16.0 Å². The van der Waals surface area contributed by atoms with Gasteiger partial charge in [-0.25, -0.2) is 0 Å². The average molecular weight is 332 g/mol. The molecule has 0 radical (unpaired) electrons. The Hall–Kier alpha value is -1.39. The maximum Gasteiger partial charge on any atom is 0.220 e. The Balaban J connectivity index is 1.70. The molecule has 2 rings (SSSR count). The maximum atomic E-state index is 12.1. The number of amides is 1. The van der Waals surface area contributed by atoms with Crippen molar-refractivity contribution >= 4 is 5.91 Å². The van der Waals surface area contributed by atoms with Crippen molar-refractivity contribution in [3.63, 3.8) is 0 Å². The molecule has 1 amide bonds. The van der Waals surface area contributed by atoms with Gasteiger partial charge in [-0.1, -0.05) is 30.3 Å². The van der Waals surface area contributed by atoms with E-state index in [0.717, 1.165) is 19.5 Å². The first-order valence-corrected chi connectivity index (χ1v) is 9.26. The number of piperidine rings is 1. The first-order chi connectivity index (χ1) is 11.5. The quantitative estimate of drug-likeness (QED) is 0.686. The number of benzene rings is 1. The van der Waals surface area contributed by atoms with Crippen LogP contribution in [0.25, 0.3) is 0 Å². The molecule has 1 heterocycles. The lowest BCUT2D eigenvalue weighted by Gasteiger charge is -2.31. The third-order valence-corrected chi connectivity index (χ3v) is 4.87. The van der Waals surface area contributed by atoms with E-state index in [1.807, 2.05) is 6.07 Å². The summed E-state index contributed by atoms with van der Waals surface area (Å²) in [6.45, 7) is 9.28. The second kappa shape index (κ2) is 9.19. The minimum atomic E-state index is -0.139. The number of rotatable bonds is 8. The van der Waals surface area contributed by atoms with E-state index in [-0.39, 0.29) is 17.5 Å². The summed E-state index contributed by atoms with van der Waals surface area (Å²) in [4.78, 5) is 12.1. The Labute approximate surface area is 146 Å². The van der Waals surface area contributed by atoms with Crippen LogP contribution in [0.4, 0.5) is 0 Å². The highest BCUT2D eigenvalue weighted by atomic mass is 16.1. The zero-order chi connectivity index (χ0) is 17.4. The van der Waals surface area contributed by atoms with Crippen molar-refractivity contribution in [3.8, 4) is 0 Å². The summed E-state index contributed by atoms with van der Waals surface area (Å²) in [6, 6.07) is 10.7. The van der Waals surface area contributed by atoms with E-state index in [9.17, 15) is 4.79 Å². The van der Waals surface area contributed by atoms with Crippen molar-refractivity contribution in [1.82, 2.24) is 16.0 Å². The van der Waals surface area contributed by atoms with Crippen molar-refractivity contribution in [3.05, 3.63) is 35.9 Å². The molecule has 1 saturated heterocycles. The van der Waals surface area contributed by atoms with Gasteiger partial charge in [0.2, 0.25) is 5.91 Å². The third-order valence-electron chi connectivity index (χ3n) is 4.87. The molecule has 0 aliphatic carbocycles. The Kier molecular flexibility index (Phi) is 7.25. The van der Waals surface area contributed by atoms with E-state index in [1.54, 1.807) is 0 Å². The molecular formula is C20H33N3O. The molecule has 0 saturated carbocycles. The molecule has 3 N–H and O–H groups in total. The van der Waals surface area contributed by atoms with Crippen LogP contribution < -0.4 is 16.0 Å². The summed E-state index contributed by atoms with van der Waals surface area (Å²) in [7, 11) is 0. The molecule has 0 spiro atoms. The van der Waals surface area contributed by atoms with Crippen LogP contribution in [0.15, 0.2) is 30.3 Å². The second-order valence-electron chi connectivity index (χ2n) is 7.67. The molecular weight excluding hydrogens is 298 g/mol. The van der Waals surface area contributed by atoms with Gasteiger partial charge in [-0.2, -0.15) is 0 Å². The van der Waals surface area contributed by atoms with Crippen LogP contribution in [0.2, 0.25) is 0 Å². The van der Waals surface area contributed by atoms with Gasteiger partial charge in [-0.05, 0) is 64.6 Å². The first-order valence-electron chi connectivity index (χ1n) is 9.26. The van der Waals surface area contributed by atoms with Crippen LogP contribution in [0, 0.1) is 5.92 Å². The van der Waals surface area contributed by atoms with Gasteiger partial charge in [0.25, 0.3) is 0 Å². The average Bonchev–Trinajstić information content (AvgIpc) is 2.59. The van der Waals surface area contributed by atoms with Crippen molar-refractivity contribution < 1.29 is 4.79 Å². The van der Waals surface area contributed by atoms with E-state index >= 15 is 0 Å². The lowest BCUT2D eigenvalue weighted by molar-refractivity contribution is -0.121. The van der Waals surface area contributed by atoms with Gasteiger partial charge in [-0.15, -0.1) is 0 Å². The molecule has 24 heavy (non-hydrogen) atoms. The van der Waals surface area contributed by atoms with Crippen molar-refractivity contribution in [2.45, 2.75) is 58.0 Å². The van der Waals surface area contributed by atoms with Gasteiger partial charge >= 0.3 is 0 Å². The Bertz CT molecular complexity index is 495. The monoisotopic (exact) mass is 331 g/mol. The highest BCUT2D eigenvalue weighted by molar-refractivity contribution is 5.75. The number of hydrogen-bond acceptors (Lipinski definition) is 3. The lowest BCUT2D eigenvalue weighted by Crippen LogP contribution is -2.49. The maximum absolute atomic E-state index is 12.1. The fourth-order valence-electron chi connectivity index (χ4n) is 3.38. The highest BCUT2D eigenvalue weighted by Crippen LogP contribution is 2.18. The SMILES string of the molecule is CC(NC(C)(C)CNC(=O)CCC1CCNCC1)c1ccccc1. The molecule has 1 aromatic rings. The number of hydrogen-bond donors (Lipinski definition) is 3. The van der Waals surface area contributed by atoms with Crippen LogP contribution >= 0.6 is 0 Å². The number of carbonyl (C=O) groups is 1. The molecule has 0 aromatic heterocycles. The fraction of sp³-hybridized carbons (Fsp3) is 0.650. The van der Waals surface area contributed by atoms with Crippen LogP contribution in [0.5, 0.6) is 0 Å². The fourth-order valence-corrected chi connectivity index (χ4v) is 3.38. The molecule has 1 aromatic carbocycles. The normalized spacial score (nSPS) is 17.5. The summed E-state index contributed by atoms with van der Waals surface area (Å²) in [5, 5.41) is 10.1. The van der Waals surface area contributed by atoms with Crippen molar-refractivity contribution in [2.75, 3.05) is 19.6 Å². The first kappa shape index (κ1) is 18.9. The minimum Gasteiger partial charge on any atom is -0.354 e. The van der Waals surface area contributed by atoms with E-state index in [4.69, 9.17) is 0 Å². The Morgan fingerprint density at radius 3 is 2.58 bits per heavy atom. The summed E-state index contributed by atoms with van der Waals surface area (Å²) in [5.41, 5.74) is 1.13. The lowest BCUT2D eigenvalue weighted by atomic mass is 9.93. The standard InChI is InChI=1S/C20H33N3O/c1-16(18-7-5-4-6-8-18)23-20(2,3)15-22-19(24)10-9-17-11-13-21-14-12-17/h4-8,16-17,21,23H,9-15H2,1-3H3,(H,22,24). The predicted octanol–water partition coefficient (Wildman–Crippen LogP) is 3.01. The van der Waals surface area contributed by atoms with Gasteiger partial charge in [0, 0.05) is 24.5 Å². The molecule has 4 nitrogen and oxygen atoms in total. The van der Waals surface area contributed by atoms with Crippen LogP contribution in [0.1, 0.15) is 58.1 Å². The summed E-state index contributed by atoms with van der Waals surface area (Å²) in [6.07, 6.45) is 4.07. The van der Waals surface area contributed by atoms with E-state index in [2.05, 4.69) is 61.0 Å². The summed E-state index contributed by atoms with van der Waals surface area (Å²) >= 11 is 0. The van der Waals surface area contributed by atoms with E-state index < -0.39 is 0 Å². The van der Waals surface area contributed by atoms with Gasteiger partial charge in [0.05, 0.1) is 0 Å². The molecule has 0 bridgehead atoms. The molecule has 1 aliphatic heterocycles. The van der Waals surface area contributed by atoms with Crippen LogP contribution in [-0.2, 0) is 4.79 Å². The van der Waals surface area contributed by atoms with Crippen LogP contribution in [-0.4, -0.2) is 31.1 Å². The van der Waals surface area contributed by atoms with E-state index in [1.165, 1.54) is 18.4 Å². The largest absolute Gasteiger partial charge is 0.354 e. The highest BCUT2D eigenvalue weighted by Gasteiger charge is 2.22. The topological polar surface area (TPSA) is 53.2 Å². The summed E-state index contributed by atoms with van der Waals surface area (Å²) < 4.78 is 0. The molecule has 1 unspecified atom stereocenters. The van der Waals surface area contributed by atoms with Gasteiger partial charge in [0.15, 0.2) is 0 Å². The molecule has 4 heteroatoms. The minimum absolute atomic E-state index is 0.139. The smallest absolute Gasteiger partial charge is 0.220 e. The molecule has 1 aliphatic rings. The zero-order valence-corrected chi connectivity index (χ0v) is 15.4. The van der Waals surface area contributed by atoms with Crippen molar-refractivity contribution in [1.29, 1.82) is 0 Å². The number of carbonyl (C=O) groups excluding carboxylic acids is 1. The number of nitrogens with one attached hydrogen (secondary N) is 3. The Morgan fingerprint density at radius 1 is 1.25 bits per heavy atom. The molecule has 134 valence electrons. The second-order valence-corrected chi connectivity index (χ2v) is 7.67. The van der Waals surface area contributed by atoms with Crippen molar-refractivity contribution in [2.24, 2.45) is 5.92 Å². The summed E-state index contributed by atoms with van der Waals surface area (Å²) in [5.74, 6) is 0.886. The van der Waals surface area contributed by atoms with E-state index in [0.29, 0.717) is 18.9 Å². The Morgan fingerprint density at radius 2 is 1.92 bits per heavy atom. The predicted molar refractivity (Wildman–Crippen MR) is 99.9 cm³/mol. The zero-order valence-electron chi connectivity index (χ0n) is 15.4.